The Labute approximate surface area is 154 Å². The van der Waals surface area contributed by atoms with Crippen molar-refractivity contribution in [2.45, 2.75) is 0 Å². The number of aromatic amines is 1. The van der Waals surface area contributed by atoms with E-state index in [1.165, 1.54) is 21.4 Å². The molecule has 1 N–H and O–H groups in total. The molecule has 0 unspecified atom stereocenters. The first-order chi connectivity index (χ1) is 13.0. The highest BCUT2D eigenvalue weighted by molar-refractivity contribution is 6.31. The van der Waals surface area contributed by atoms with Crippen LogP contribution in [0.25, 0.3) is 38.4 Å². The van der Waals surface area contributed by atoms with E-state index in [1.807, 2.05) is 0 Å². The second-order valence-corrected chi connectivity index (χ2v) is 6.61. The Morgan fingerprint density at radius 1 is 1.19 bits per heavy atom. The van der Waals surface area contributed by atoms with Crippen LogP contribution in [0, 0.1) is 11.8 Å². The van der Waals surface area contributed by atoms with E-state index in [0.717, 1.165) is 0 Å². The minimum absolute atomic E-state index is 0.140. The summed E-state index contributed by atoms with van der Waals surface area (Å²) < 4.78 is 31.3. The third-order valence-corrected chi connectivity index (χ3v) is 4.85. The first-order valence-electron chi connectivity index (χ1n) is 7.96. The summed E-state index contributed by atoms with van der Waals surface area (Å²) in [5.74, 6) is -1.29. The Kier molecular flexibility index (Phi) is 3.17. The molecule has 134 valence electrons. The van der Waals surface area contributed by atoms with Gasteiger partial charge in [-0.05, 0) is 24.3 Å². The predicted molar refractivity (Wildman–Crippen MR) is 98.4 cm³/mol. The zero-order chi connectivity index (χ0) is 18.9. The van der Waals surface area contributed by atoms with E-state index in [9.17, 15) is 13.6 Å². The Morgan fingerprint density at radius 3 is 2.81 bits per heavy atom. The summed E-state index contributed by atoms with van der Waals surface area (Å²) in [5, 5.41) is 11.3. The molecule has 0 bridgehead atoms. The number of pyridine rings is 1. The van der Waals surface area contributed by atoms with Gasteiger partial charge in [0.1, 0.15) is 5.82 Å². The zero-order valence-corrected chi connectivity index (χ0v) is 14.6. The summed E-state index contributed by atoms with van der Waals surface area (Å²) >= 11 is 5.98. The monoisotopic (exact) mass is 385 g/mol. The molecule has 3 aromatic heterocycles. The number of aryl methyl sites for hydroxylation is 1. The van der Waals surface area contributed by atoms with Gasteiger partial charge in [0.2, 0.25) is 5.95 Å². The van der Waals surface area contributed by atoms with Gasteiger partial charge >= 0.3 is 0 Å². The Morgan fingerprint density at radius 2 is 2.00 bits per heavy atom. The lowest BCUT2D eigenvalue weighted by atomic mass is 10.1. The third kappa shape index (κ3) is 2.13. The smallest absolute Gasteiger partial charge is 0.274 e. The van der Waals surface area contributed by atoms with Gasteiger partial charge in [0.25, 0.3) is 5.56 Å². The van der Waals surface area contributed by atoms with E-state index >= 15 is 0 Å². The maximum atomic E-state index is 14.3. The minimum atomic E-state index is -0.671. The SMILES string of the molecule is Cn1cc2c(n1)c(=O)n(-c1cccc3n[nH]c(F)c13)c1cc(Cl)c(F)cc21. The summed E-state index contributed by atoms with van der Waals surface area (Å²) in [6, 6.07) is 7.48. The summed E-state index contributed by atoms with van der Waals surface area (Å²) in [6.45, 7) is 0. The molecule has 6 nitrogen and oxygen atoms in total. The van der Waals surface area contributed by atoms with Crippen LogP contribution in [-0.4, -0.2) is 24.5 Å². The van der Waals surface area contributed by atoms with Crippen molar-refractivity contribution in [2.75, 3.05) is 0 Å². The van der Waals surface area contributed by atoms with E-state index < -0.39 is 17.3 Å². The summed E-state index contributed by atoms with van der Waals surface area (Å²) in [5.41, 5.74) is 0.657. The summed E-state index contributed by atoms with van der Waals surface area (Å²) in [7, 11) is 1.67. The molecule has 0 saturated heterocycles. The van der Waals surface area contributed by atoms with Gasteiger partial charge in [-0.3, -0.25) is 19.1 Å². The number of nitrogens with zero attached hydrogens (tertiary/aromatic N) is 4. The van der Waals surface area contributed by atoms with Gasteiger partial charge in [-0.1, -0.05) is 17.7 Å². The van der Waals surface area contributed by atoms with Gasteiger partial charge in [-0.2, -0.15) is 14.6 Å². The van der Waals surface area contributed by atoms with Crippen molar-refractivity contribution in [3.8, 4) is 5.69 Å². The van der Waals surface area contributed by atoms with E-state index in [1.54, 1.807) is 31.4 Å². The quantitative estimate of drug-likeness (QED) is 0.478. The van der Waals surface area contributed by atoms with E-state index in [-0.39, 0.29) is 21.6 Å². The Bertz CT molecular complexity index is 1450. The average molecular weight is 386 g/mol. The van der Waals surface area contributed by atoms with Crippen molar-refractivity contribution in [3.05, 3.63) is 63.7 Å². The van der Waals surface area contributed by atoms with Crippen LogP contribution in [0.5, 0.6) is 0 Å². The highest BCUT2D eigenvalue weighted by atomic mass is 35.5. The van der Waals surface area contributed by atoms with Gasteiger partial charge in [-0.25, -0.2) is 4.39 Å². The first kappa shape index (κ1) is 16.0. The standard InChI is InChI=1S/C18H10ClF2N5O/c1-25-7-9-8-5-11(20)10(19)6-14(8)26(18(27)16(9)24-25)13-4-2-3-12-15(13)17(21)23-22-12/h2-7H,1H3,(H,22,23). The lowest BCUT2D eigenvalue weighted by Gasteiger charge is -2.13. The van der Waals surface area contributed by atoms with Crippen LogP contribution >= 0.6 is 11.6 Å². The van der Waals surface area contributed by atoms with Crippen LogP contribution in [0.4, 0.5) is 8.78 Å². The van der Waals surface area contributed by atoms with Gasteiger partial charge in [0, 0.05) is 24.0 Å². The summed E-state index contributed by atoms with van der Waals surface area (Å²) in [4.78, 5) is 13.2. The molecular weight excluding hydrogens is 376 g/mol. The topological polar surface area (TPSA) is 68.5 Å². The second kappa shape index (κ2) is 5.37. The number of hydrogen-bond donors (Lipinski definition) is 1. The molecule has 5 aromatic rings. The lowest BCUT2D eigenvalue weighted by Crippen LogP contribution is -2.20. The van der Waals surface area contributed by atoms with E-state index in [4.69, 9.17) is 11.6 Å². The average Bonchev–Trinajstić information content (AvgIpc) is 3.21. The van der Waals surface area contributed by atoms with E-state index in [2.05, 4.69) is 15.3 Å². The molecule has 0 spiro atoms. The molecule has 0 saturated carbocycles. The molecule has 0 fully saturated rings. The summed E-state index contributed by atoms with van der Waals surface area (Å²) in [6.07, 6.45) is 1.63. The molecule has 9 heteroatoms. The molecule has 0 aliphatic heterocycles. The van der Waals surface area contributed by atoms with Crippen LogP contribution in [0.15, 0.2) is 41.3 Å². The van der Waals surface area contributed by atoms with Crippen LogP contribution < -0.4 is 5.56 Å². The van der Waals surface area contributed by atoms with Crippen molar-refractivity contribution >= 4 is 44.3 Å². The maximum Gasteiger partial charge on any atom is 0.284 e. The van der Waals surface area contributed by atoms with Crippen molar-refractivity contribution in [1.82, 2.24) is 24.5 Å². The number of halogens is 3. The number of aromatic nitrogens is 5. The molecule has 0 aliphatic rings. The number of hydrogen-bond acceptors (Lipinski definition) is 3. The van der Waals surface area contributed by atoms with Crippen LogP contribution in [0.3, 0.4) is 0 Å². The number of benzene rings is 2. The second-order valence-electron chi connectivity index (χ2n) is 6.20. The molecular formula is C18H10ClF2N5O. The van der Waals surface area contributed by atoms with Crippen LogP contribution in [-0.2, 0) is 7.05 Å². The zero-order valence-electron chi connectivity index (χ0n) is 13.8. The Balaban J connectivity index is 2.08. The molecule has 0 atom stereocenters. The lowest BCUT2D eigenvalue weighted by molar-refractivity contribution is 0.588. The van der Waals surface area contributed by atoms with Crippen molar-refractivity contribution in [1.29, 1.82) is 0 Å². The Hall–Kier alpha value is -3.26. The van der Waals surface area contributed by atoms with Gasteiger partial charge < -0.3 is 0 Å². The molecule has 3 heterocycles. The molecule has 0 aliphatic carbocycles. The molecule has 5 rings (SSSR count). The fourth-order valence-electron chi connectivity index (χ4n) is 3.43. The highest BCUT2D eigenvalue weighted by Crippen LogP contribution is 2.31. The highest BCUT2D eigenvalue weighted by Gasteiger charge is 2.20. The maximum absolute atomic E-state index is 14.3. The number of nitrogens with one attached hydrogen (secondary N) is 1. The van der Waals surface area contributed by atoms with Gasteiger partial charge in [0.15, 0.2) is 5.52 Å². The molecule has 2 aromatic carbocycles. The first-order valence-corrected chi connectivity index (χ1v) is 8.33. The molecule has 0 radical (unpaired) electrons. The van der Waals surface area contributed by atoms with Gasteiger partial charge in [-0.15, -0.1) is 0 Å². The van der Waals surface area contributed by atoms with Gasteiger partial charge in [0.05, 0.1) is 27.1 Å². The van der Waals surface area contributed by atoms with Crippen molar-refractivity contribution < 1.29 is 8.78 Å². The number of H-pyrrole nitrogens is 1. The molecule has 27 heavy (non-hydrogen) atoms. The predicted octanol–water partition coefficient (Wildman–Crippen LogP) is 3.69. The normalized spacial score (nSPS) is 11.9. The van der Waals surface area contributed by atoms with Crippen LogP contribution in [0.1, 0.15) is 0 Å². The van der Waals surface area contributed by atoms with Crippen molar-refractivity contribution in [3.63, 3.8) is 0 Å². The van der Waals surface area contributed by atoms with Crippen LogP contribution in [0.2, 0.25) is 5.02 Å². The number of rotatable bonds is 1. The fraction of sp³-hybridized carbons (Fsp3) is 0.0556. The largest absolute Gasteiger partial charge is 0.284 e. The van der Waals surface area contributed by atoms with Crippen molar-refractivity contribution in [2.24, 2.45) is 7.05 Å². The molecule has 0 amide bonds. The fourth-order valence-corrected chi connectivity index (χ4v) is 3.59. The third-order valence-electron chi connectivity index (χ3n) is 4.56. The van der Waals surface area contributed by atoms with E-state index in [0.29, 0.717) is 21.8 Å². The minimum Gasteiger partial charge on any atom is -0.274 e. The number of fused-ring (bicyclic) bond motifs is 4.